The van der Waals surface area contributed by atoms with Crippen molar-refractivity contribution in [2.75, 3.05) is 14.2 Å². The molecule has 0 aromatic rings. The number of hydrogen-bond donors (Lipinski definition) is 0. The standard InChI is InChI=1S/C7H12O3.C5H8O3/c1-5(8)7(2,3)6(9)10-4;1-4(6)3-5(7)8-2/h1-4H3;3H2,1-2H3. The Morgan fingerprint density at radius 2 is 1.39 bits per heavy atom. The molecule has 0 saturated heterocycles. The van der Waals surface area contributed by atoms with E-state index in [1.807, 2.05) is 0 Å². The van der Waals surface area contributed by atoms with Gasteiger partial charge in [-0.1, -0.05) is 0 Å². The van der Waals surface area contributed by atoms with Gasteiger partial charge in [-0.15, -0.1) is 0 Å². The maximum absolute atomic E-state index is 10.8. The SMILES string of the molecule is COC(=O)C(C)(C)C(C)=O.COC(=O)CC(C)=O. The summed E-state index contributed by atoms with van der Waals surface area (Å²) in [5, 5.41) is 0. The molecule has 18 heavy (non-hydrogen) atoms. The highest BCUT2D eigenvalue weighted by Crippen LogP contribution is 2.17. The minimum absolute atomic E-state index is 0.115. The maximum Gasteiger partial charge on any atom is 0.318 e. The van der Waals surface area contributed by atoms with E-state index in [-0.39, 0.29) is 18.0 Å². The van der Waals surface area contributed by atoms with Gasteiger partial charge < -0.3 is 9.47 Å². The molecule has 0 bridgehead atoms. The zero-order valence-electron chi connectivity index (χ0n) is 11.7. The summed E-state index contributed by atoms with van der Waals surface area (Å²) in [5.41, 5.74) is -0.991. The maximum atomic E-state index is 10.8. The summed E-state index contributed by atoms with van der Waals surface area (Å²) in [6, 6.07) is 0. The molecule has 0 aliphatic heterocycles. The first-order valence-corrected chi connectivity index (χ1v) is 5.25. The molecule has 0 N–H and O–H groups in total. The Kier molecular flexibility index (Phi) is 8.68. The minimum atomic E-state index is -0.991. The van der Waals surface area contributed by atoms with Crippen LogP contribution < -0.4 is 0 Å². The molecular formula is C12H20O6. The first-order chi connectivity index (χ1) is 8.09. The normalized spacial score (nSPS) is 9.67. The molecule has 0 saturated carbocycles. The summed E-state index contributed by atoms with van der Waals surface area (Å²) in [4.78, 5) is 41.9. The third kappa shape index (κ3) is 7.54. The average molecular weight is 260 g/mol. The molecule has 0 atom stereocenters. The van der Waals surface area contributed by atoms with E-state index in [9.17, 15) is 19.2 Å². The number of rotatable bonds is 4. The molecule has 0 aliphatic carbocycles. The molecule has 104 valence electrons. The lowest BCUT2D eigenvalue weighted by Crippen LogP contribution is -2.32. The molecular weight excluding hydrogens is 240 g/mol. The van der Waals surface area contributed by atoms with Crippen LogP contribution >= 0.6 is 0 Å². The van der Waals surface area contributed by atoms with Crippen LogP contribution in [0.15, 0.2) is 0 Å². The van der Waals surface area contributed by atoms with Gasteiger partial charge in [0.1, 0.15) is 23.4 Å². The highest BCUT2D eigenvalue weighted by molar-refractivity contribution is 6.01. The average Bonchev–Trinajstić information content (AvgIpc) is 2.27. The first-order valence-electron chi connectivity index (χ1n) is 5.25. The number of methoxy groups -OCH3 is 2. The molecule has 6 nitrogen and oxygen atoms in total. The van der Waals surface area contributed by atoms with Crippen molar-refractivity contribution in [2.45, 2.75) is 34.1 Å². The van der Waals surface area contributed by atoms with Crippen LogP contribution in [0.5, 0.6) is 0 Å². The van der Waals surface area contributed by atoms with Crippen molar-refractivity contribution in [1.82, 2.24) is 0 Å². The van der Waals surface area contributed by atoms with Crippen LogP contribution in [-0.2, 0) is 28.7 Å². The largest absolute Gasteiger partial charge is 0.469 e. The Bertz CT molecular complexity index is 329. The number of carbonyl (C=O) groups excluding carboxylic acids is 4. The van der Waals surface area contributed by atoms with Gasteiger partial charge in [0.05, 0.1) is 14.2 Å². The summed E-state index contributed by atoms with van der Waals surface area (Å²) in [6.07, 6.45) is -0.115. The van der Waals surface area contributed by atoms with Gasteiger partial charge in [-0.25, -0.2) is 0 Å². The third-order valence-electron chi connectivity index (χ3n) is 2.20. The van der Waals surface area contributed by atoms with E-state index < -0.39 is 17.4 Å². The van der Waals surface area contributed by atoms with Gasteiger partial charge in [-0.2, -0.15) is 0 Å². The van der Waals surface area contributed by atoms with Gasteiger partial charge in [0, 0.05) is 0 Å². The van der Waals surface area contributed by atoms with Crippen LogP contribution in [-0.4, -0.2) is 37.7 Å². The third-order valence-corrected chi connectivity index (χ3v) is 2.20. The Morgan fingerprint density at radius 1 is 0.944 bits per heavy atom. The molecule has 0 aromatic heterocycles. The van der Waals surface area contributed by atoms with Crippen molar-refractivity contribution >= 4 is 23.5 Å². The summed E-state index contributed by atoms with van der Waals surface area (Å²) >= 11 is 0. The van der Waals surface area contributed by atoms with Crippen LogP contribution in [0, 0.1) is 5.41 Å². The fourth-order valence-corrected chi connectivity index (χ4v) is 0.674. The molecule has 0 aromatic carbocycles. The highest BCUT2D eigenvalue weighted by atomic mass is 16.5. The number of ketones is 2. The lowest BCUT2D eigenvalue weighted by atomic mass is 9.89. The van der Waals surface area contributed by atoms with Crippen molar-refractivity contribution < 1.29 is 28.7 Å². The number of ether oxygens (including phenoxy) is 2. The number of esters is 2. The zero-order chi connectivity index (χ0) is 14.9. The smallest absolute Gasteiger partial charge is 0.318 e. The number of carbonyl (C=O) groups is 4. The van der Waals surface area contributed by atoms with Gasteiger partial charge in [0.25, 0.3) is 0 Å². The molecule has 0 aliphatic rings. The summed E-state index contributed by atoms with van der Waals surface area (Å²) in [7, 11) is 2.53. The zero-order valence-corrected chi connectivity index (χ0v) is 11.7. The molecule has 0 heterocycles. The highest BCUT2D eigenvalue weighted by Gasteiger charge is 2.33. The lowest BCUT2D eigenvalue weighted by Gasteiger charge is -2.16. The second kappa shape index (κ2) is 8.38. The van der Waals surface area contributed by atoms with Crippen molar-refractivity contribution in [2.24, 2.45) is 5.41 Å². The molecule has 0 rings (SSSR count). The Balaban J connectivity index is 0. The van der Waals surface area contributed by atoms with E-state index in [1.165, 1.54) is 28.1 Å². The minimum Gasteiger partial charge on any atom is -0.469 e. The first kappa shape index (κ1) is 18.6. The molecule has 0 amide bonds. The van der Waals surface area contributed by atoms with Crippen LogP contribution in [0.3, 0.4) is 0 Å². The van der Waals surface area contributed by atoms with E-state index >= 15 is 0 Å². The molecule has 0 fully saturated rings. The molecule has 0 unspecified atom stereocenters. The van der Waals surface area contributed by atoms with Crippen molar-refractivity contribution in [3.63, 3.8) is 0 Å². The lowest BCUT2D eigenvalue weighted by molar-refractivity contribution is -0.155. The summed E-state index contributed by atoms with van der Waals surface area (Å²) in [6.45, 7) is 5.80. The van der Waals surface area contributed by atoms with E-state index in [0.717, 1.165) is 0 Å². The monoisotopic (exact) mass is 260 g/mol. The van der Waals surface area contributed by atoms with Crippen LogP contribution in [0.4, 0.5) is 0 Å². The van der Waals surface area contributed by atoms with Crippen molar-refractivity contribution in [1.29, 1.82) is 0 Å². The van der Waals surface area contributed by atoms with E-state index in [1.54, 1.807) is 13.8 Å². The van der Waals surface area contributed by atoms with Gasteiger partial charge in [0.2, 0.25) is 0 Å². The van der Waals surface area contributed by atoms with E-state index in [2.05, 4.69) is 9.47 Å². The van der Waals surface area contributed by atoms with Gasteiger partial charge >= 0.3 is 11.9 Å². The second-order valence-electron chi connectivity index (χ2n) is 4.13. The van der Waals surface area contributed by atoms with Crippen molar-refractivity contribution in [3.8, 4) is 0 Å². The quantitative estimate of drug-likeness (QED) is 0.551. The predicted octanol–water partition coefficient (Wildman–Crippen LogP) is 0.913. The molecule has 0 spiro atoms. The van der Waals surface area contributed by atoms with Gasteiger partial charge in [-0.3, -0.25) is 19.2 Å². The van der Waals surface area contributed by atoms with Crippen molar-refractivity contribution in [3.05, 3.63) is 0 Å². The Labute approximate surface area is 107 Å². The van der Waals surface area contributed by atoms with Gasteiger partial charge in [-0.05, 0) is 27.7 Å². The number of Topliss-reactive ketones (excluding diaryl/α,β-unsaturated/α-hetero) is 2. The molecule has 6 heteroatoms. The van der Waals surface area contributed by atoms with Crippen LogP contribution in [0.1, 0.15) is 34.1 Å². The topological polar surface area (TPSA) is 86.7 Å². The van der Waals surface area contributed by atoms with E-state index in [0.29, 0.717) is 0 Å². The van der Waals surface area contributed by atoms with Gasteiger partial charge in [0.15, 0.2) is 0 Å². The molecule has 0 radical (unpaired) electrons. The second-order valence-corrected chi connectivity index (χ2v) is 4.13. The Morgan fingerprint density at radius 3 is 1.50 bits per heavy atom. The summed E-state index contributed by atoms with van der Waals surface area (Å²) < 4.78 is 8.62. The fourth-order valence-electron chi connectivity index (χ4n) is 0.674. The van der Waals surface area contributed by atoms with Crippen LogP contribution in [0.25, 0.3) is 0 Å². The van der Waals surface area contributed by atoms with E-state index in [4.69, 9.17) is 0 Å². The van der Waals surface area contributed by atoms with Crippen LogP contribution in [0.2, 0.25) is 0 Å². The fraction of sp³-hybridized carbons (Fsp3) is 0.667. The summed E-state index contributed by atoms with van der Waals surface area (Å²) in [5.74, 6) is -1.31. The number of hydrogen-bond acceptors (Lipinski definition) is 6. The Hall–Kier alpha value is -1.72. The predicted molar refractivity (Wildman–Crippen MR) is 63.8 cm³/mol.